The zero-order valence-electron chi connectivity index (χ0n) is 11.3. The summed E-state index contributed by atoms with van der Waals surface area (Å²) >= 11 is 5.10. The molecule has 0 aromatic heterocycles. The first-order chi connectivity index (χ1) is 7.97. The van der Waals surface area contributed by atoms with Gasteiger partial charge in [-0.2, -0.15) is 0 Å². The Morgan fingerprint density at radius 3 is 2.41 bits per heavy atom. The predicted octanol–water partition coefficient (Wildman–Crippen LogP) is 1.41. The van der Waals surface area contributed by atoms with Crippen molar-refractivity contribution < 1.29 is 4.79 Å². The van der Waals surface area contributed by atoms with Gasteiger partial charge in [-0.3, -0.25) is 4.79 Å². The number of rotatable bonds is 7. The normalized spacial score (nSPS) is 12.1. The smallest absolute Gasteiger partial charge is 0.242 e. The van der Waals surface area contributed by atoms with Gasteiger partial charge in [0.15, 0.2) is 5.11 Å². The van der Waals surface area contributed by atoms with Crippen LogP contribution < -0.4 is 16.0 Å². The lowest BCUT2D eigenvalue weighted by molar-refractivity contribution is -0.122. The van der Waals surface area contributed by atoms with Crippen molar-refractivity contribution >= 4 is 23.2 Å². The first-order valence-corrected chi connectivity index (χ1v) is 6.70. The Labute approximate surface area is 110 Å². The Balaban J connectivity index is 3.78. The van der Waals surface area contributed by atoms with E-state index in [1.807, 2.05) is 6.92 Å². The standard InChI is InChI=1S/C12H25N3OS/c1-5-6-7-13-12(17)15-10(4)11(16)14-8-9(2)3/h9-10H,5-8H2,1-4H3,(H,14,16)(H2,13,15,17). The molecule has 1 unspecified atom stereocenters. The highest BCUT2D eigenvalue weighted by molar-refractivity contribution is 7.80. The van der Waals surface area contributed by atoms with Crippen LogP contribution in [0.1, 0.15) is 40.5 Å². The minimum atomic E-state index is -0.296. The Bertz CT molecular complexity index is 244. The Hall–Kier alpha value is -0.840. The van der Waals surface area contributed by atoms with Crippen molar-refractivity contribution in [1.29, 1.82) is 0 Å². The zero-order valence-corrected chi connectivity index (χ0v) is 12.1. The second-order valence-corrected chi connectivity index (χ2v) is 5.02. The number of hydrogen-bond donors (Lipinski definition) is 3. The Morgan fingerprint density at radius 2 is 1.88 bits per heavy atom. The Morgan fingerprint density at radius 1 is 1.24 bits per heavy atom. The summed E-state index contributed by atoms with van der Waals surface area (Å²) in [5.74, 6) is 0.444. The fourth-order valence-corrected chi connectivity index (χ4v) is 1.43. The molecule has 0 bridgehead atoms. The van der Waals surface area contributed by atoms with Crippen molar-refractivity contribution in [1.82, 2.24) is 16.0 Å². The van der Waals surface area contributed by atoms with Gasteiger partial charge in [0, 0.05) is 13.1 Å². The van der Waals surface area contributed by atoms with Gasteiger partial charge in [-0.1, -0.05) is 27.2 Å². The minimum Gasteiger partial charge on any atom is -0.363 e. The fourth-order valence-electron chi connectivity index (χ4n) is 1.15. The van der Waals surface area contributed by atoms with Gasteiger partial charge in [-0.25, -0.2) is 0 Å². The van der Waals surface area contributed by atoms with Crippen molar-refractivity contribution in [2.45, 2.75) is 46.6 Å². The molecule has 0 aliphatic carbocycles. The molecule has 100 valence electrons. The van der Waals surface area contributed by atoms with Gasteiger partial charge in [0.25, 0.3) is 0 Å². The van der Waals surface area contributed by atoms with Crippen molar-refractivity contribution in [2.24, 2.45) is 5.92 Å². The van der Waals surface area contributed by atoms with E-state index in [4.69, 9.17) is 12.2 Å². The molecule has 0 aromatic carbocycles. The summed E-state index contributed by atoms with van der Waals surface area (Å²) in [6, 6.07) is -0.296. The van der Waals surface area contributed by atoms with Crippen molar-refractivity contribution in [2.75, 3.05) is 13.1 Å². The first kappa shape index (κ1) is 16.2. The van der Waals surface area contributed by atoms with E-state index in [1.165, 1.54) is 0 Å². The average molecular weight is 259 g/mol. The number of amides is 1. The van der Waals surface area contributed by atoms with E-state index in [0.717, 1.165) is 19.4 Å². The van der Waals surface area contributed by atoms with Crippen LogP contribution in [0.25, 0.3) is 0 Å². The molecule has 0 spiro atoms. The van der Waals surface area contributed by atoms with E-state index >= 15 is 0 Å². The monoisotopic (exact) mass is 259 g/mol. The third-order valence-electron chi connectivity index (χ3n) is 2.24. The maximum atomic E-state index is 11.7. The molecule has 3 N–H and O–H groups in total. The van der Waals surface area contributed by atoms with E-state index in [2.05, 4.69) is 36.7 Å². The second kappa shape index (κ2) is 9.22. The summed E-state index contributed by atoms with van der Waals surface area (Å²) in [7, 11) is 0. The Kier molecular flexibility index (Phi) is 8.76. The van der Waals surface area contributed by atoms with Gasteiger partial charge in [-0.05, 0) is 31.5 Å². The third-order valence-corrected chi connectivity index (χ3v) is 2.50. The van der Waals surface area contributed by atoms with Gasteiger partial charge in [-0.15, -0.1) is 0 Å². The van der Waals surface area contributed by atoms with Crippen LogP contribution in [0.3, 0.4) is 0 Å². The van der Waals surface area contributed by atoms with Gasteiger partial charge in [0.05, 0.1) is 0 Å². The summed E-state index contributed by atoms with van der Waals surface area (Å²) in [5.41, 5.74) is 0. The largest absolute Gasteiger partial charge is 0.363 e. The van der Waals surface area contributed by atoms with Crippen LogP contribution in [0, 0.1) is 5.92 Å². The lowest BCUT2D eigenvalue weighted by Gasteiger charge is -2.17. The van der Waals surface area contributed by atoms with Crippen LogP contribution in [0.5, 0.6) is 0 Å². The molecular weight excluding hydrogens is 234 g/mol. The molecule has 1 amide bonds. The summed E-state index contributed by atoms with van der Waals surface area (Å²) < 4.78 is 0. The first-order valence-electron chi connectivity index (χ1n) is 6.29. The lowest BCUT2D eigenvalue weighted by atomic mass is 10.2. The molecule has 1 atom stereocenters. The molecule has 0 fully saturated rings. The zero-order chi connectivity index (χ0) is 13.3. The lowest BCUT2D eigenvalue weighted by Crippen LogP contribution is -2.49. The highest BCUT2D eigenvalue weighted by Crippen LogP contribution is 1.89. The molecule has 4 nitrogen and oxygen atoms in total. The number of thiocarbonyl (C=S) groups is 1. The number of carbonyl (C=O) groups excluding carboxylic acids is 1. The maximum absolute atomic E-state index is 11.7. The highest BCUT2D eigenvalue weighted by atomic mass is 32.1. The number of unbranched alkanes of at least 4 members (excludes halogenated alkanes) is 1. The average Bonchev–Trinajstić information content (AvgIpc) is 2.26. The number of carbonyl (C=O) groups is 1. The summed E-state index contributed by atoms with van der Waals surface area (Å²) in [6.07, 6.45) is 2.20. The topological polar surface area (TPSA) is 53.2 Å². The molecule has 0 aromatic rings. The minimum absolute atomic E-state index is 0.0154. The maximum Gasteiger partial charge on any atom is 0.242 e. The van der Waals surface area contributed by atoms with Crippen LogP contribution in [-0.4, -0.2) is 30.2 Å². The van der Waals surface area contributed by atoms with E-state index in [-0.39, 0.29) is 11.9 Å². The fraction of sp³-hybridized carbons (Fsp3) is 0.833. The molecule has 0 radical (unpaired) electrons. The van der Waals surface area contributed by atoms with E-state index in [0.29, 0.717) is 17.6 Å². The van der Waals surface area contributed by atoms with Crippen LogP contribution in [0.4, 0.5) is 0 Å². The van der Waals surface area contributed by atoms with Crippen LogP contribution >= 0.6 is 12.2 Å². The summed E-state index contributed by atoms with van der Waals surface area (Å²) in [5, 5.41) is 9.46. The van der Waals surface area contributed by atoms with Crippen LogP contribution in [0.15, 0.2) is 0 Å². The molecule has 0 saturated heterocycles. The van der Waals surface area contributed by atoms with E-state index in [1.54, 1.807) is 0 Å². The number of nitrogens with one attached hydrogen (secondary N) is 3. The van der Waals surface area contributed by atoms with Crippen LogP contribution in [0.2, 0.25) is 0 Å². The van der Waals surface area contributed by atoms with Gasteiger partial charge >= 0.3 is 0 Å². The van der Waals surface area contributed by atoms with Crippen molar-refractivity contribution in [3.05, 3.63) is 0 Å². The van der Waals surface area contributed by atoms with Gasteiger partial charge in [0.1, 0.15) is 6.04 Å². The molecular formula is C12H25N3OS. The SMILES string of the molecule is CCCCNC(=S)NC(C)C(=O)NCC(C)C. The molecule has 0 aliphatic rings. The molecule has 0 rings (SSSR count). The van der Waals surface area contributed by atoms with Crippen molar-refractivity contribution in [3.63, 3.8) is 0 Å². The highest BCUT2D eigenvalue weighted by Gasteiger charge is 2.13. The third kappa shape index (κ3) is 8.92. The summed E-state index contributed by atoms with van der Waals surface area (Å²) in [6.45, 7) is 9.61. The van der Waals surface area contributed by atoms with Gasteiger partial charge < -0.3 is 16.0 Å². The summed E-state index contributed by atoms with van der Waals surface area (Å²) in [4.78, 5) is 11.7. The number of hydrogen-bond acceptors (Lipinski definition) is 2. The molecule has 0 heterocycles. The molecule has 5 heteroatoms. The predicted molar refractivity (Wildman–Crippen MR) is 76.0 cm³/mol. The molecule has 0 aliphatic heterocycles. The van der Waals surface area contributed by atoms with E-state index in [9.17, 15) is 4.79 Å². The second-order valence-electron chi connectivity index (χ2n) is 4.61. The molecule has 0 saturated carbocycles. The van der Waals surface area contributed by atoms with Crippen LogP contribution in [-0.2, 0) is 4.79 Å². The van der Waals surface area contributed by atoms with E-state index < -0.39 is 0 Å². The van der Waals surface area contributed by atoms with Crippen molar-refractivity contribution in [3.8, 4) is 0 Å². The molecule has 17 heavy (non-hydrogen) atoms. The van der Waals surface area contributed by atoms with Gasteiger partial charge in [0.2, 0.25) is 5.91 Å². The quantitative estimate of drug-likeness (QED) is 0.478.